The summed E-state index contributed by atoms with van der Waals surface area (Å²) < 4.78 is 27.9. The largest absolute Gasteiger partial charge is 0.376 e. The van der Waals surface area contributed by atoms with Gasteiger partial charge in [-0.25, -0.2) is 8.42 Å². The van der Waals surface area contributed by atoms with Gasteiger partial charge in [0.2, 0.25) is 5.91 Å². The van der Waals surface area contributed by atoms with Gasteiger partial charge in [-0.05, 0) is 25.5 Å². The molecule has 0 radical (unpaired) electrons. The van der Waals surface area contributed by atoms with E-state index in [0.717, 1.165) is 17.8 Å². The number of likely N-dealkylation sites (N-methyl/N-ethyl adjacent to an activating group) is 1. The normalized spacial score (nSPS) is 22.9. The summed E-state index contributed by atoms with van der Waals surface area (Å²) in [6.45, 7) is 2.61. The topological polar surface area (TPSA) is 63.7 Å². The Balaban J connectivity index is 2.02. The molecule has 1 fully saturated rings. The number of hydrogen-bond donors (Lipinski definition) is 0. The molecule has 112 valence electrons. The number of carbonyl (C=O) groups excluding carboxylic acids is 1. The molecule has 1 aromatic rings. The van der Waals surface area contributed by atoms with Gasteiger partial charge in [0.1, 0.15) is 4.21 Å². The van der Waals surface area contributed by atoms with E-state index in [0.29, 0.717) is 11.5 Å². The Hall–Kier alpha value is -0.630. The zero-order valence-electron chi connectivity index (χ0n) is 11.2. The smallest absolute Gasteiger partial charge is 0.270 e. The summed E-state index contributed by atoms with van der Waals surface area (Å²) in [5, 5.41) is 0. The zero-order valence-corrected chi connectivity index (χ0v) is 13.6. The molecular weight excluding hydrogens is 322 g/mol. The number of halogens is 1. The van der Waals surface area contributed by atoms with Crippen molar-refractivity contribution in [2.24, 2.45) is 0 Å². The van der Waals surface area contributed by atoms with Crippen LogP contribution in [0, 0.1) is 0 Å². The quantitative estimate of drug-likeness (QED) is 0.787. The summed E-state index contributed by atoms with van der Waals surface area (Å²) in [6, 6.07) is 3.13. The van der Waals surface area contributed by atoms with E-state index in [1.54, 1.807) is 18.0 Å². The first-order valence-corrected chi connectivity index (χ1v) is 9.32. The van der Waals surface area contributed by atoms with Gasteiger partial charge in [0, 0.05) is 29.2 Å². The molecule has 0 N–H and O–H groups in total. The molecule has 0 saturated carbocycles. The maximum absolute atomic E-state index is 12.2. The lowest BCUT2D eigenvalue weighted by molar-refractivity contribution is -0.132. The predicted molar refractivity (Wildman–Crippen MR) is 77.7 cm³/mol. The van der Waals surface area contributed by atoms with Crippen LogP contribution < -0.4 is 0 Å². The minimum absolute atomic E-state index is 0.0334. The van der Waals surface area contributed by atoms with E-state index in [-0.39, 0.29) is 28.7 Å². The molecule has 2 atom stereocenters. The number of nitrogens with zero attached hydrogens (tertiary/aromatic N) is 1. The highest BCUT2D eigenvalue weighted by Crippen LogP contribution is 2.26. The van der Waals surface area contributed by atoms with E-state index in [1.807, 2.05) is 6.92 Å². The Bertz CT molecular complexity index is 598. The van der Waals surface area contributed by atoms with Crippen molar-refractivity contribution in [3.05, 3.63) is 17.0 Å². The molecule has 0 aromatic carbocycles. The first kappa shape index (κ1) is 15.8. The van der Waals surface area contributed by atoms with Crippen LogP contribution in [0.4, 0.5) is 0 Å². The Morgan fingerprint density at radius 1 is 1.55 bits per heavy atom. The summed E-state index contributed by atoms with van der Waals surface area (Å²) >= 11 is 1.03. The van der Waals surface area contributed by atoms with Gasteiger partial charge in [-0.2, -0.15) is 0 Å². The van der Waals surface area contributed by atoms with Gasteiger partial charge in [0.25, 0.3) is 9.05 Å². The monoisotopic (exact) mass is 337 g/mol. The maximum Gasteiger partial charge on any atom is 0.270 e. The van der Waals surface area contributed by atoms with Crippen LogP contribution >= 0.6 is 22.0 Å². The number of carbonyl (C=O) groups is 1. The third kappa shape index (κ3) is 3.52. The molecule has 2 rings (SSSR count). The molecule has 1 aliphatic heterocycles. The molecule has 5 nitrogen and oxygen atoms in total. The second-order valence-electron chi connectivity index (χ2n) is 4.77. The van der Waals surface area contributed by atoms with E-state index >= 15 is 0 Å². The van der Waals surface area contributed by atoms with Crippen LogP contribution in [-0.2, 0) is 25.0 Å². The Morgan fingerprint density at radius 2 is 2.25 bits per heavy atom. The van der Waals surface area contributed by atoms with E-state index in [2.05, 4.69) is 0 Å². The molecule has 0 bridgehead atoms. The molecule has 2 heterocycles. The molecule has 0 aliphatic carbocycles. The van der Waals surface area contributed by atoms with Crippen LogP contribution in [0.2, 0.25) is 0 Å². The second-order valence-corrected chi connectivity index (χ2v) is 8.73. The van der Waals surface area contributed by atoms with Crippen LogP contribution in [0.15, 0.2) is 16.3 Å². The molecule has 2 unspecified atom stereocenters. The molecule has 1 amide bonds. The minimum Gasteiger partial charge on any atom is -0.376 e. The molecule has 1 aromatic heterocycles. The van der Waals surface area contributed by atoms with Gasteiger partial charge in [-0.1, -0.05) is 0 Å². The van der Waals surface area contributed by atoms with Crippen molar-refractivity contribution in [2.45, 2.75) is 36.1 Å². The second kappa shape index (κ2) is 6.01. The van der Waals surface area contributed by atoms with Crippen molar-refractivity contribution in [3.63, 3.8) is 0 Å². The fourth-order valence-corrected chi connectivity index (χ4v) is 4.39. The molecule has 1 saturated heterocycles. The Morgan fingerprint density at radius 3 is 2.75 bits per heavy atom. The van der Waals surface area contributed by atoms with Crippen LogP contribution in [0.3, 0.4) is 0 Å². The van der Waals surface area contributed by atoms with E-state index in [9.17, 15) is 13.2 Å². The van der Waals surface area contributed by atoms with Crippen LogP contribution in [-0.4, -0.2) is 45.0 Å². The molecular formula is C12H16ClNO4S2. The lowest BCUT2D eigenvalue weighted by Crippen LogP contribution is -2.41. The minimum atomic E-state index is -3.72. The van der Waals surface area contributed by atoms with Crippen molar-refractivity contribution in [3.8, 4) is 0 Å². The molecule has 0 spiro atoms. The standard InChI is InChI=1S/C12H16ClNO4S2/c1-8-10(5-6-18-8)14(2)11(15)7-9-3-4-12(19-9)20(13,16)17/h3-4,8,10H,5-7H2,1-2H3. The Kier molecular flexibility index (Phi) is 4.73. The number of hydrogen-bond acceptors (Lipinski definition) is 5. The van der Waals surface area contributed by atoms with Gasteiger partial charge in [-0.15, -0.1) is 11.3 Å². The highest BCUT2D eigenvalue weighted by atomic mass is 35.7. The first-order valence-electron chi connectivity index (χ1n) is 6.19. The van der Waals surface area contributed by atoms with Crippen LogP contribution in [0.5, 0.6) is 0 Å². The number of ether oxygens (including phenoxy) is 1. The third-order valence-corrected chi connectivity index (χ3v) is 6.61. The highest BCUT2D eigenvalue weighted by molar-refractivity contribution is 8.15. The van der Waals surface area contributed by atoms with E-state index in [1.165, 1.54) is 6.07 Å². The van der Waals surface area contributed by atoms with Gasteiger partial charge >= 0.3 is 0 Å². The fourth-order valence-electron chi connectivity index (χ4n) is 2.27. The SMILES string of the molecule is CC1OCCC1N(C)C(=O)Cc1ccc(S(=O)(=O)Cl)s1. The number of amides is 1. The average molecular weight is 338 g/mol. The fraction of sp³-hybridized carbons (Fsp3) is 0.583. The average Bonchev–Trinajstić information content (AvgIpc) is 2.96. The van der Waals surface area contributed by atoms with Gasteiger partial charge in [-0.3, -0.25) is 4.79 Å². The predicted octanol–water partition coefficient (Wildman–Crippen LogP) is 1.85. The highest BCUT2D eigenvalue weighted by Gasteiger charge is 2.30. The lowest BCUT2D eigenvalue weighted by Gasteiger charge is -2.26. The van der Waals surface area contributed by atoms with Gasteiger partial charge in [0.05, 0.1) is 18.6 Å². The molecule has 1 aliphatic rings. The molecule has 20 heavy (non-hydrogen) atoms. The van der Waals surface area contributed by atoms with Crippen molar-refractivity contribution in [1.29, 1.82) is 0 Å². The van der Waals surface area contributed by atoms with Crippen molar-refractivity contribution < 1.29 is 17.9 Å². The summed E-state index contributed by atoms with van der Waals surface area (Å²) in [4.78, 5) is 14.6. The summed E-state index contributed by atoms with van der Waals surface area (Å²) in [5.41, 5.74) is 0. The number of rotatable bonds is 4. The molecule has 8 heteroatoms. The van der Waals surface area contributed by atoms with Crippen LogP contribution in [0.25, 0.3) is 0 Å². The van der Waals surface area contributed by atoms with Gasteiger partial charge < -0.3 is 9.64 Å². The number of thiophene rings is 1. The van der Waals surface area contributed by atoms with Gasteiger partial charge in [0.15, 0.2) is 0 Å². The van der Waals surface area contributed by atoms with Crippen molar-refractivity contribution in [1.82, 2.24) is 4.90 Å². The third-order valence-electron chi connectivity index (χ3n) is 3.43. The summed E-state index contributed by atoms with van der Waals surface area (Å²) in [6.07, 6.45) is 1.04. The summed E-state index contributed by atoms with van der Waals surface area (Å²) in [7, 11) is 3.30. The van der Waals surface area contributed by atoms with E-state index in [4.69, 9.17) is 15.4 Å². The van der Waals surface area contributed by atoms with Crippen molar-refractivity contribution in [2.75, 3.05) is 13.7 Å². The Labute approximate surface area is 126 Å². The first-order chi connectivity index (χ1) is 9.29. The summed E-state index contributed by atoms with van der Waals surface area (Å²) in [5.74, 6) is -0.0484. The van der Waals surface area contributed by atoms with Crippen LogP contribution in [0.1, 0.15) is 18.2 Å². The van der Waals surface area contributed by atoms with E-state index < -0.39 is 9.05 Å². The zero-order chi connectivity index (χ0) is 14.9. The lowest BCUT2D eigenvalue weighted by atomic mass is 10.1. The maximum atomic E-state index is 12.2. The van der Waals surface area contributed by atoms with Crippen molar-refractivity contribution >= 4 is 37.0 Å².